The molecule has 0 aliphatic heterocycles. The summed E-state index contributed by atoms with van der Waals surface area (Å²) >= 11 is 0. The molecule has 18 heavy (non-hydrogen) atoms. The van der Waals surface area contributed by atoms with Crippen LogP contribution in [0.3, 0.4) is 0 Å². The third-order valence-corrected chi connectivity index (χ3v) is 2.30. The number of nitrogens with one attached hydrogen (secondary N) is 1. The number of amides is 1. The van der Waals surface area contributed by atoms with Crippen LogP contribution in [0.15, 0.2) is 24.3 Å². The number of carbonyl (C=O) groups is 2. The molecule has 0 spiro atoms. The molecule has 1 unspecified atom stereocenters. The van der Waals surface area contributed by atoms with Gasteiger partial charge >= 0.3 is 5.97 Å². The van der Waals surface area contributed by atoms with Crippen molar-refractivity contribution in [2.75, 3.05) is 13.2 Å². The largest absolute Gasteiger partial charge is 0.460 e. The fourth-order valence-corrected chi connectivity index (χ4v) is 1.31. The monoisotopic (exact) mass is 253 g/mol. The molecule has 102 valence electrons. The minimum Gasteiger partial charge on any atom is -0.460 e. The third kappa shape index (κ3) is 9.63. The lowest BCUT2D eigenvalue weighted by molar-refractivity contribution is -0.142. The Morgan fingerprint density at radius 1 is 1.39 bits per heavy atom. The molecule has 1 atom stereocenters. The molecule has 0 saturated heterocycles. The van der Waals surface area contributed by atoms with Crippen molar-refractivity contribution in [1.82, 2.24) is 5.32 Å². The molecule has 4 heteroatoms. The van der Waals surface area contributed by atoms with Crippen LogP contribution in [-0.4, -0.2) is 25.0 Å². The smallest absolute Gasteiger partial charge is 0.325 e. The first-order valence-corrected chi connectivity index (χ1v) is 6.33. The van der Waals surface area contributed by atoms with E-state index in [1.165, 1.54) is 6.08 Å². The van der Waals surface area contributed by atoms with E-state index in [2.05, 4.69) is 19.2 Å². The summed E-state index contributed by atoms with van der Waals surface area (Å²) in [6, 6.07) is 0. The second kappa shape index (κ2) is 10.6. The normalized spacial score (nSPS) is 12.8. The average Bonchev–Trinajstić information content (AvgIpc) is 2.34. The van der Waals surface area contributed by atoms with Crippen molar-refractivity contribution in [1.29, 1.82) is 0 Å². The Morgan fingerprint density at radius 2 is 2.11 bits per heavy atom. The van der Waals surface area contributed by atoms with Gasteiger partial charge in [-0.25, -0.2) is 0 Å². The van der Waals surface area contributed by atoms with Gasteiger partial charge in [-0.05, 0) is 25.3 Å². The highest BCUT2D eigenvalue weighted by Gasteiger charge is 2.03. The van der Waals surface area contributed by atoms with Crippen LogP contribution in [0.2, 0.25) is 0 Å². The van der Waals surface area contributed by atoms with Crippen LogP contribution < -0.4 is 5.32 Å². The molecule has 0 bridgehead atoms. The van der Waals surface area contributed by atoms with Gasteiger partial charge in [-0.1, -0.05) is 38.5 Å². The number of rotatable bonds is 8. The van der Waals surface area contributed by atoms with Gasteiger partial charge in [0.1, 0.15) is 13.2 Å². The van der Waals surface area contributed by atoms with E-state index >= 15 is 0 Å². The van der Waals surface area contributed by atoms with Crippen LogP contribution in [0.1, 0.15) is 33.6 Å². The number of ether oxygens (including phenoxy) is 1. The number of allylic oxidation sites excluding steroid dienone is 2. The molecule has 1 N–H and O–H groups in total. The quantitative estimate of drug-likeness (QED) is 0.410. The molecule has 1 amide bonds. The lowest BCUT2D eigenvalue weighted by atomic mass is 10.1. The van der Waals surface area contributed by atoms with Crippen molar-refractivity contribution in [2.45, 2.75) is 33.6 Å². The molecule has 0 aromatic rings. The summed E-state index contributed by atoms with van der Waals surface area (Å²) in [4.78, 5) is 22.5. The molecule has 0 saturated carbocycles. The lowest BCUT2D eigenvalue weighted by Gasteiger charge is -2.04. The Bertz CT molecular complexity index is 308. The van der Waals surface area contributed by atoms with Gasteiger partial charge in [0.05, 0.1) is 0 Å². The number of carbonyl (C=O) groups excluding carboxylic acids is 2. The summed E-state index contributed by atoms with van der Waals surface area (Å²) in [5.74, 6) is -0.320. The standard InChI is InChI=1S/C14H23NO3/c1-4-6-10-18-14(17)11-15-13(16)9-8-12(3)7-5-2/h4,6,8-9,12H,5,7,10-11H2,1-3H3,(H,15,16)/b6-4+,9-8+. The van der Waals surface area contributed by atoms with E-state index in [0.29, 0.717) is 5.92 Å². The van der Waals surface area contributed by atoms with Crippen LogP contribution in [0.25, 0.3) is 0 Å². The van der Waals surface area contributed by atoms with E-state index in [4.69, 9.17) is 4.74 Å². The molecular formula is C14H23NO3. The van der Waals surface area contributed by atoms with Crippen molar-refractivity contribution in [3.63, 3.8) is 0 Å². The van der Waals surface area contributed by atoms with Crippen LogP contribution in [0.4, 0.5) is 0 Å². The number of hydrogen-bond acceptors (Lipinski definition) is 3. The summed E-state index contributed by atoms with van der Waals surface area (Å²) in [6.07, 6.45) is 8.99. The molecule has 0 aliphatic rings. The Morgan fingerprint density at radius 3 is 2.72 bits per heavy atom. The molecule has 0 aromatic carbocycles. The molecule has 0 rings (SSSR count). The average molecular weight is 253 g/mol. The van der Waals surface area contributed by atoms with Gasteiger partial charge in [-0.2, -0.15) is 0 Å². The molecule has 0 radical (unpaired) electrons. The predicted molar refractivity (Wildman–Crippen MR) is 72.0 cm³/mol. The zero-order valence-corrected chi connectivity index (χ0v) is 11.4. The molecule has 0 fully saturated rings. The van der Waals surface area contributed by atoms with Gasteiger partial charge in [0.15, 0.2) is 0 Å². The summed E-state index contributed by atoms with van der Waals surface area (Å²) < 4.78 is 4.83. The van der Waals surface area contributed by atoms with Crippen molar-refractivity contribution in [2.24, 2.45) is 5.92 Å². The summed E-state index contributed by atoms with van der Waals surface area (Å²) in [5.41, 5.74) is 0. The van der Waals surface area contributed by atoms with Gasteiger partial charge < -0.3 is 10.1 Å². The fourth-order valence-electron chi connectivity index (χ4n) is 1.31. The SMILES string of the molecule is C/C=C/COC(=O)CNC(=O)/C=C/C(C)CCC. The van der Waals surface area contributed by atoms with Crippen LogP contribution in [0.5, 0.6) is 0 Å². The zero-order valence-electron chi connectivity index (χ0n) is 11.4. The Balaban J connectivity index is 3.79. The maximum atomic E-state index is 11.4. The van der Waals surface area contributed by atoms with Crippen LogP contribution in [0, 0.1) is 5.92 Å². The Hall–Kier alpha value is -1.58. The van der Waals surface area contributed by atoms with E-state index in [9.17, 15) is 9.59 Å². The van der Waals surface area contributed by atoms with Gasteiger partial charge in [-0.15, -0.1) is 0 Å². The first kappa shape index (κ1) is 16.4. The Labute approximate surface area is 109 Å². The van der Waals surface area contributed by atoms with Crippen molar-refractivity contribution < 1.29 is 14.3 Å². The second-order valence-corrected chi connectivity index (χ2v) is 4.09. The Kier molecular flexibility index (Phi) is 9.64. The first-order valence-electron chi connectivity index (χ1n) is 6.33. The van der Waals surface area contributed by atoms with E-state index in [1.807, 2.05) is 13.0 Å². The number of esters is 1. The van der Waals surface area contributed by atoms with E-state index in [0.717, 1.165) is 12.8 Å². The number of hydrogen-bond donors (Lipinski definition) is 1. The maximum Gasteiger partial charge on any atom is 0.325 e. The van der Waals surface area contributed by atoms with Crippen molar-refractivity contribution in [3.05, 3.63) is 24.3 Å². The summed E-state index contributed by atoms with van der Waals surface area (Å²) in [5, 5.41) is 2.48. The van der Waals surface area contributed by atoms with Gasteiger partial charge in [0, 0.05) is 0 Å². The van der Waals surface area contributed by atoms with Gasteiger partial charge in [0.2, 0.25) is 5.91 Å². The highest BCUT2D eigenvalue weighted by atomic mass is 16.5. The van der Waals surface area contributed by atoms with E-state index < -0.39 is 5.97 Å². The molecule has 0 aliphatic carbocycles. The predicted octanol–water partition coefficient (Wildman–Crippen LogP) is 2.21. The van der Waals surface area contributed by atoms with Crippen LogP contribution in [-0.2, 0) is 14.3 Å². The summed E-state index contributed by atoms with van der Waals surface area (Å²) in [7, 11) is 0. The molecule has 0 aromatic heterocycles. The second-order valence-electron chi connectivity index (χ2n) is 4.09. The summed E-state index contributed by atoms with van der Waals surface area (Å²) in [6.45, 7) is 6.15. The first-order chi connectivity index (χ1) is 8.60. The third-order valence-electron chi connectivity index (χ3n) is 2.30. The van der Waals surface area contributed by atoms with Crippen molar-refractivity contribution >= 4 is 11.9 Å². The minimum atomic E-state index is -0.434. The zero-order chi connectivity index (χ0) is 13.8. The van der Waals surface area contributed by atoms with E-state index in [1.54, 1.807) is 12.2 Å². The topological polar surface area (TPSA) is 55.4 Å². The van der Waals surface area contributed by atoms with E-state index in [-0.39, 0.29) is 19.1 Å². The molecule has 4 nitrogen and oxygen atoms in total. The minimum absolute atomic E-state index is 0.0944. The van der Waals surface area contributed by atoms with Gasteiger partial charge in [0.25, 0.3) is 0 Å². The highest BCUT2D eigenvalue weighted by molar-refractivity contribution is 5.90. The van der Waals surface area contributed by atoms with Crippen molar-refractivity contribution in [3.8, 4) is 0 Å². The van der Waals surface area contributed by atoms with Crippen LogP contribution >= 0.6 is 0 Å². The van der Waals surface area contributed by atoms with Gasteiger partial charge in [-0.3, -0.25) is 9.59 Å². The maximum absolute atomic E-state index is 11.4. The lowest BCUT2D eigenvalue weighted by Crippen LogP contribution is -2.29. The molecule has 0 heterocycles. The molecular weight excluding hydrogens is 230 g/mol. The highest BCUT2D eigenvalue weighted by Crippen LogP contribution is 2.05. The fraction of sp³-hybridized carbons (Fsp3) is 0.571.